The Morgan fingerprint density at radius 2 is 1.76 bits per heavy atom. The summed E-state index contributed by atoms with van der Waals surface area (Å²) < 4.78 is 27.2. The van der Waals surface area contributed by atoms with E-state index >= 15 is 0 Å². The van der Waals surface area contributed by atoms with Crippen LogP contribution in [-0.2, 0) is 16.6 Å². The van der Waals surface area contributed by atoms with E-state index in [2.05, 4.69) is 11.6 Å². The molecule has 4 nitrogen and oxygen atoms in total. The molecule has 0 saturated heterocycles. The molecule has 0 radical (unpaired) electrons. The van der Waals surface area contributed by atoms with Crippen LogP contribution < -0.4 is 4.72 Å². The molecular formula is C16H27NO3S. The van der Waals surface area contributed by atoms with E-state index in [0.29, 0.717) is 17.7 Å². The molecule has 1 aromatic carbocycles. The highest BCUT2D eigenvalue weighted by molar-refractivity contribution is 7.89. The van der Waals surface area contributed by atoms with Gasteiger partial charge in [-0.25, -0.2) is 13.1 Å². The number of nitrogens with one attached hydrogen (secondary N) is 1. The third kappa shape index (κ3) is 5.77. The fraction of sp³-hybridized carbons (Fsp3) is 0.625. The minimum Gasteiger partial charge on any atom is -0.392 e. The number of aliphatic hydroxyl groups excluding tert-OH is 1. The molecule has 0 saturated carbocycles. The molecule has 5 heteroatoms. The van der Waals surface area contributed by atoms with Crippen molar-refractivity contribution in [3.05, 3.63) is 29.3 Å². The normalized spacial score (nSPS) is 11.8. The van der Waals surface area contributed by atoms with Gasteiger partial charge in [-0.2, -0.15) is 0 Å². The zero-order valence-electron chi connectivity index (χ0n) is 13.1. The third-order valence-electron chi connectivity index (χ3n) is 3.68. The molecule has 0 aliphatic rings. The first kappa shape index (κ1) is 18.1. The number of hydrogen-bond acceptors (Lipinski definition) is 3. The van der Waals surface area contributed by atoms with Crippen LogP contribution in [0.2, 0.25) is 0 Å². The maximum Gasteiger partial charge on any atom is 0.240 e. The van der Waals surface area contributed by atoms with Crippen LogP contribution in [0.25, 0.3) is 0 Å². The van der Waals surface area contributed by atoms with Crippen LogP contribution in [0.1, 0.15) is 56.6 Å². The number of rotatable bonds is 10. The molecular weight excluding hydrogens is 286 g/mol. The van der Waals surface area contributed by atoms with Crippen molar-refractivity contribution < 1.29 is 13.5 Å². The SMILES string of the molecule is CCCCCCCCNS(=O)(=O)c1cccc(CO)c1C. The van der Waals surface area contributed by atoms with Crippen LogP contribution in [-0.4, -0.2) is 20.1 Å². The standard InChI is InChI=1S/C16H27NO3S/c1-3-4-5-6-7-8-12-17-21(19,20)16-11-9-10-15(13-18)14(16)2/h9-11,17-18H,3-8,12-13H2,1-2H3. The van der Waals surface area contributed by atoms with Gasteiger partial charge in [0.05, 0.1) is 11.5 Å². The molecule has 21 heavy (non-hydrogen) atoms. The Labute approximate surface area is 128 Å². The minimum absolute atomic E-state index is 0.146. The lowest BCUT2D eigenvalue weighted by Gasteiger charge is -2.11. The van der Waals surface area contributed by atoms with Crippen molar-refractivity contribution >= 4 is 10.0 Å². The Morgan fingerprint density at radius 3 is 2.43 bits per heavy atom. The Kier molecular flexibility index (Phi) is 7.93. The van der Waals surface area contributed by atoms with Gasteiger partial charge in [0.25, 0.3) is 0 Å². The molecule has 0 unspecified atom stereocenters. The molecule has 0 fully saturated rings. The van der Waals surface area contributed by atoms with Gasteiger partial charge in [-0.1, -0.05) is 51.2 Å². The molecule has 0 spiro atoms. The van der Waals surface area contributed by atoms with Crippen molar-refractivity contribution in [3.8, 4) is 0 Å². The molecule has 0 amide bonds. The Bertz CT molecular complexity index is 526. The van der Waals surface area contributed by atoms with E-state index in [0.717, 1.165) is 19.3 Å². The summed E-state index contributed by atoms with van der Waals surface area (Å²) in [6, 6.07) is 4.98. The summed E-state index contributed by atoms with van der Waals surface area (Å²) in [4.78, 5) is 0.264. The summed E-state index contributed by atoms with van der Waals surface area (Å²) in [7, 11) is -3.48. The van der Waals surface area contributed by atoms with Crippen LogP contribution in [0.15, 0.2) is 23.1 Å². The molecule has 0 aliphatic carbocycles. The van der Waals surface area contributed by atoms with Gasteiger partial charge in [-0.05, 0) is 30.5 Å². The van der Waals surface area contributed by atoms with Crippen LogP contribution >= 0.6 is 0 Å². The average Bonchev–Trinajstić information content (AvgIpc) is 2.46. The summed E-state index contributed by atoms with van der Waals surface area (Å²) in [6.07, 6.45) is 6.77. The van der Waals surface area contributed by atoms with Gasteiger partial charge in [0.1, 0.15) is 0 Å². The monoisotopic (exact) mass is 313 g/mol. The third-order valence-corrected chi connectivity index (χ3v) is 5.28. The van der Waals surface area contributed by atoms with Crippen molar-refractivity contribution in [2.75, 3.05) is 6.54 Å². The van der Waals surface area contributed by atoms with E-state index in [1.807, 2.05) is 0 Å². The molecule has 1 rings (SSSR count). The van der Waals surface area contributed by atoms with Crippen molar-refractivity contribution in [1.82, 2.24) is 4.72 Å². The van der Waals surface area contributed by atoms with Gasteiger partial charge in [0, 0.05) is 6.54 Å². The van der Waals surface area contributed by atoms with E-state index in [1.165, 1.54) is 19.3 Å². The fourth-order valence-corrected chi connectivity index (χ4v) is 3.67. The van der Waals surface area contributed by atoms with Crippen LogP contribution in [0.4, 0.5) is 0 Å². The van der Waals surface area contributed by atoms with Gasteiger partial charge in [0.2, 0.25) is 10.0 Å². The van der Waals surface area contributed by atoms with Crippen molar-refractivity contribution in [2.24, 2.45) is 0 Å². The summed E-state index contributed by atoms with van der Waals surface area (Å²) >= 11 is 0. The number of benzene rings is 1. The molecule has 0 atom stereocenters. The van der Waals surface area contributed by atoms with Crippen LogP contribution in [0.3, 0.4) is 0 Å². The van der Waals surface area contributed by atoms with Gasteiger partial charge in [-0.3, -0.25) is 0 Å². The second-order valence-corrected chi connectivity index (χ2v) is 7.10. The van der Waals surface area contributed by atoms with Crippen molar-refractivity contribution in [2.45, 2.75) is 63.9 Å². The molecule has 0 aromatic heterocycles. The Balaban J connectivity index is 2.51. The van der Waals surface area contributed by atoms with E-state index < -0.39 is 10.0 Å². The molecule has 0 bridgehead atoms. The fourth-order valence-electron chi connectivity index (χ4n) is 2.31. The highest BCUT2D eigenvalue weighted by atomic mass is 32.2. The van der Waals surface area contributed by atoms with Gasteiger partial charge < -0.3 is 5.11 Å². The second-order valence-electron chi connectivity index (χ2n) is 5.36. The zero-order chi connectivity index (χ0) is 15.7. The highest BCUT2D eigenvalue weighted by Crippen LogP contribution is 2.18. The maximum absolute atomic E-state index is 12.3. The van der Waals surface area contributed by atoms with Crippen molar-refractivity contribution in [3.63, 3.8) is 0 Å². The van der Waals surface area contributed by atoms with E-state index in [-0.39, 0.29) is 11.5 Å². The predicted octanol–water partition coefficient (Wildman–Crippen LogP) is 3.13. The summed E-state index contributed by atoms with van der Waals surface area (Å²) in [5.41, 5.74) is 1.27. The second kappa shape index (κ2) is 9.18. The Hall–Kier alpha value is -0.910. The first-order valence-corrected chi connectivity index (χ1v) is 9.20. The number of hydrogen-bond donors (Lipinski definition) is 2. The quantitative estimate of drug-likeness (QED) is 0.652. The minimum atomic E-state index is -3.48. The molecule has 2 N–H and O–H groups in total. The smallest absolute Gasteiger partial charge is 0.240 e. The number of aliphatic hydroxyl groups is 1. The number of unbranched alkanes of at least 4 members (excludes halogenated alkanes) is 5. The van der Waals surface area contributed by atoms with E-state index in [9.17, 15) is 13.5 Å². The van der Waals surface area contributed by atoms with Gasteiger partial charge in [-0.15, -0.1) is 0 Å². The molecule has 120 valence electrons. The zero-order valence-corrected chi connectivity index (χ0v) is 13.9. The van der Waals surface area contributed by atoms with Crippen molar-refractivity contribution in [1.29, 1.82) is 0 Å². The predicted molar refractivity (Wildman–Crippen MR) is 85.7 cm³/mol. The largest absolute Gasteiger partial charge is 0.392 e. The van der Waals surface area contributed by atoms with Crippen LogP contribution in [0.5, 0.6) is 0 Å². The molecule has 0 aliphatic heterocycles. The first-order chi connectivity index (χ1) is 10.0. The van der Waals surface area contributed by atoms with Gasteiger partial charge in [0.15, 0.2) is 0 Å². The first-order valence-electron chi connectivity index (χ1n) is 7.72. The highest BCUT2D eigenvalue weighted by Gasteiger charge is 2.17. The van der Waals surface area contributed by atoms with Crippen LogP contribution in [0, 0.1) is 6.92 Å². The molecule has 0 heterocycles. The van der Waals surface area contributed by atoms with E-state index in [1.54, 1.807) is 25.1 Å². The molecule has 1 aromatic rings. The lowest BCUT2D eigenvalue weighted by Crippen LogP contribution is -2.25. The lowest BCUT2D eigenvalue weighted by molar-refractivity contribution is 0.280. The summed E-state index contributed by atoms with van der Waals surface area (Å²) in [5.74, 6) is 0. The number of sulfonamides is 1. The summed E-state index contributed by atoms with van der Waals surface area (Å²) in [5, 5.41) is 9.21. The lowest BCUT2D eigenvalue weighted by atomic mass is 10.1. The average molecular weight is 313 g/mol. The van der Waals surface area contributed by atoms with Gasteiger partial charge >= 0.3 is 0 Å². The topological polar surface area (TPSA) is 66.4 Å². The maximum atomic E-state index is 12.3. The van der Waals surface area contributed by atoms with E-state index in [4.69, 9.17) is 0 Å². The summed E-state index contributed by atoms with van der Waals surface area (Å²) in [6.45, 7) is 4.23. The Morgan fingerprint density at radius 1 is 1.10 bits per heavy atom.